The number of guanidine groups is 1. The Bertz CT molecular complexity index is 696. The second kappa shape index (κ2) is 11.3. The number of hydrogen-bond donors (Lipinski definition) is 1. The molecule has 0 unspecified atom stereocenters. The monoisotopic (exact) mass is 483 g/mol. The molecule has 1 aromatic carbocycles. The summed E-state index contributed by atoms with van der Waals surface area (Å²) in [5, 5.41) is 7.78. The normalized spacial score (nSPS) is 15.5. The zero-order valence-electron chi connectivity index (χ0n) is 16.2. The first-order valence-electron chi connectivity index (χ1n) is 9.41. The number of hydrogen-bond acceptors (Lipinski definition) is 3. The lowest BCUT2D eigenvalue weighted by Crippen LogP contribution is -2.46. The molecule has 1 fully saturated rings. The fourth-order valence-corrected chi connectivity index (χ4v) is 3.40. The first kappa shape index (κ1) is 21.7. The Hall–Kier alpha value is -1.61. The van der Waals surface area contributed by atoms with E-state index >= 15 is 0 Å². The van der Waals surface area contributed by atoms with Crippen LogP contribution >= 0.6 is 24.0 Å². The fourth-order valence-electron chi connectivity index (χ4n) is 3.40. The minimum atomic E-state index is 0. The third kappa shape index (κ3) is 6.49. The van der Waals surface area contributed by atoms with Gasteiger partial charge in [0, 0.05) is 45.7 Å². The lowest BCUT2D eigenvalue weighted by molar-refractivity contribution is 0.0263. The number of likely N-dealkylation sites (tertiary alicyclic amines) is 1. The summed E-state index contributed by atoms with van der Waals surface area (Å²) in [5.74, 6) is 0.970. The van der Waals surface area contributed by atoms with Crippen LogP contribution in [0.4, 0.5) is 0 Å². The zero-order chi connectivity index (χ0) is 18.2. The molecule has 0 saturated carbocycles. The predicted molar refractivity (Wildman–Crippen MR) is 120 cm³/mol. The highest BCUT2D eigenvalue weighted by atomic mass is 127. The molecule has 1 N–H and O–H groups in total. The van der Waals surface area contributed by atoms with Crippen LogP contribution in [0.25, 0.3) is 0 Å². The standard InChI is InChI=1S/C20H29N5O.HI/c1-3-26-19-8-12-24(13-9-19)20(21-2)22-15-17-6-4-7-18(14-17)16-25-11-5-10-23-25;/h4-7,10-11,14,19H,3,8-9,12-13,15-16H2,1-2H3,(H,21,22);1H. The highest BCUT2D eigenvalue weighted by Gasteiger charge is 2.21. The summed E-state index contributed by atoms with van der Waals surface area (Å²) in [6.07, 6.45) is 6.32. The summed E-state index contributed by atoms with van der Waals surface area (Å²) >= 11 is 0. The van der Waals surface area contributed by atoms with E-state index in [0.29, 0.717) is 6.10 Å². The van der Waals surface area contributed by atoms with E-state index in [1.165, 1.54) is 11.1 Å². The molecule has 1 aromatic heterocycles. The Balaban J connectivity index is 0.00000261. The van der Waals surface area contributed by atoms with Gasteiger partial charge >= 0.3 is 0 Å². The minimum Gasteiger partial charge on any atom is -0.378 e. The second-order valence-electron chi connectivity index (χ2n) is 6.57. The summed E-state index contributed by atoms with van der Waals surface area (Å²) in [6.45, 7) is 6.40. The lowest BCUT2D eigenvalue weighted by Gasteiger charge is -2.34. The molecule has 0 amide bonds. The molecule has 0 bridgehead atoms. The van der Waals surface area contributed by atoms with Crippen LogP contribution in [0.5, 0.6) is 0 Å². The van der Waals surface area contributed by atoms with Gasteiger partial charge in [-0.05, 0) is 37.0 Å². The van der Waals surface area contributed by atoms with Crippen LogP contribution < -0.4 is 5.32 Å². The zero-order valence-corrected chi connectivity index (χ0v) is 18.5. The van der Waals surface area contributed by atoms with Crippen molar-refractivity contribution in [3.63, 3.8) is 0 Å². The van der Waals surface area contributed by atoms with E-state index in [9.17, 15) is 0 Å². The number of nitrogens with one attached hydrogen (secondary N) is 1. The van der Waals surface area contributed by atoms with Crippen molar-refractivity contribution >= 4 is 29.9 Å². The Kier molecular flexibility index (Phi) is 9.06. The second-order valence-corrected chi connectivity index (χ2v) is 6.57. The molecule has 27 heavy (non-hydrogen) atoms. The summed E-state index contributed by atoms with van der Waals surface area (Å²) < 4.78 is 7.67. The molecule has 0 radical (unpaired) electrons. The third-order valence-corrected chi connectivity index (χ3v) is 4.70. The SMILES string of the molecule is CCOC1CCN(C(=NC)NCc2cccc(Cn3cccn3)c2)CC1.I. The first-order valence-corrected chi connectivity index (χ1v) is 9.41. The lowest BCUT2D eigenvalue weighted by atomic mass is 10.1. The average molecular weight is 483 g/mol. The van der Waals surface area contributed by atoms with Gasteiger partial charge in [0.1, 0.15) is 0 Å². The first-order chi connectivity index (χ1) is 12.8. The van der Waals surface area contributed by atoms with Crippen LogP contribution in [0, 0.1) is 0 Å². The molecule has 0 atom stereocenters. The van der Waals surface area contributed by atoms with Gasteiger partial charge in [0.15, 0.2) is 5.96 Å². The van der Waals surface area contributed by atoms with Crippen molar-refractivity contribution in [2.24, 2.45) is 4.99 Å². The van der Waals surface area contributed by atoms with E-state index in [0.717, 1.165) is 51.6 Å². The van der Waals surface area contributed by atoms with E-state index in [-0.39, 0.29) is 24.0 Å². The number of aliphatic imine (C=N–C) groups is 1. The maximum atomic E-state index is 5.74. The van der Waals surface area contributed by atoms with Crippen LogP contribution in [0.15, 0.2) is 47.7 Å². The van der Waals surface area contributed by atoms with E-state index < -0.39 is 0 Å². The number of piperidine rings is 1. The number of halogens is 1. The summed E-state index contributed by atoms with van der Waals surface area (Å²) in [6, 6.07) is 10.6. The van der Waals surface area contributed by atoms with E-state index in [2.05, 4.69) is 51.5 Å². The third-order valence-electron chi connectivity index (χ3n) is 4.70. The van der Waals surface area contributed by atoms with E-state index in [1.807, 2.05) is 30.2 Å². The van der Waals surface area contributed by atoms with Gasteiger partial charge in [-0.1, -0.05) is 24.3 Å². The number of nitrogens with zero attached hydrogens (tertiary/aromatic N) is 4. The van der Waals surface area contributed by atoms with Crippen molar-refractivity contribution in [1.82, 2.24) is 20.0 Å². The van der Waals surface area contributed by atoms with Crippen molar-refractivity contribution in [1.29, 1.82) is 0 Å². The molecule has 1 aliphatic heterocycles. The predicted octanol–water partition coefficient (Wildman–Crippen LogP) is 3.13. The Morgan fingerprint density at radius 2 is 2.04 bits per heavy atom. The largest absolute Gasteiger partial charge is 0.378 e. The van der Waals surface area contributed by atoms with Gasteiger partial charge in [-0.15, -0.1) is 24.0 Å². The maximum absolute atomic E-state index is 5.74. The average Bonchev–Trinajstić information content (AvgIpc) is 3.17. The van der Waals surface area contributed by atoms with Crippen molar-refractivity contribution in [3.8, 4) is 0 Å². The van der Waals surface area contributed by atoms with Crippen LogP contribution in [0.1, 0.15) is 30.9 Å². The number of ether oxygens (including phenoxy) is 1. The minimum absolute atomic E-state index is 0. The van der Waals surface area contributed by atoms with Gasteiger partial charge in [-0.25, -0.2) is 0 Å². The smallest absolute Gasteiger partial charge is 0.193 e. The van der Waals surface area contributed by atoms with Crippen molar-refractivity contribution in [2.45, 2.75) is 39.0 Å². The van der Waals surface area contributed by atoms with Crippen molar-refractivity contribution in [3.05, 3.63) is 53.9 Å². The number of rotatable bonds is 6. The summed E-state index contributed by atoms with van der Waals surface area (Å²) in [5.41, 5.74) is 2.50. The highest BCUT2D eigenvalue weighted by Crippen LogP contribution is 2.14. The molecule has 0 spiro atoms. The molecule has 0 aliphatic carbocycles. The van der Waals surface area contributed by atoms with E-state index in [1.54, 1.807) is 0 Å². The summed E-state index contributed by atoms with van der Waals surface area (Å²) in [7, 11) is 1.85. The Morgan fingerprint density at radius 1 is 1.26 bits per heavy atom. The quantitative estimate of drug-likeness (QED) is 0.390. The Labute approximate surface area is 179 Å². The fraction of sp³-hybridized carbons (Fsp3) is 0.500. The number of benzene rings is 1. The molecule has 148 valence electrons. The van der Waals surface area contributed by atoms with Gasteiger partial charge in [0.05, 0.1) is 12.6 Å². The van der Waals surface area contributed by atoms with Gasteiger partial charge in [-0.2, -0.15) is 5.10 Å². The molecule has 2 aromatic rings. The van der Waals surface area contributed by atoms with Crippen molar-refractivity contribution < 1.29 is 4.74 Å². The van der Waals surface area contributed by atoms with Crippen LogP contribution in [-0.2, 0) is 17.8 Å². The van der Waals surface area contributed by atoms with Gasteiger partial charge in [-0.3, -0.25) is 9.67 Å². The van der Waals surface area contributed by atoms with Gasteiger partial charge in [0.25, 0.3) is 0 Å². The topological polar surface area (TPSA) is 54.7 Å². The summed E-state index contributed by atoms with van der Waals surface area (Å²) in [4.78, 5) is 6.78. The Morgan fingerprint density at radius 3 is 2.70 bits per heavy atom. The highest BCUT2D eigenvalue weighted by molar-refractivity contribution is 14.0. The van der Waals surface area contributed by atoms with Gasteiger partial charge in [0.2, 0.25) is 0 Å². The van der Waals surface area contributed by atoms with Crippen LogP contribution in [0.3, 0.4) is 0 Å². The van der Waals surface area contributed by atoms with Gasteiger partial charge < -0.3 is 15.0 Å². The molecular weight excluding hydrogens is 453 g/mol. The molecule has 3 rings (SSSR count). The molecule has 2 heterocycles. The number of aromatic nitrogens is 2. The maximum Gasteiger partial charge on any atom is 0.193 e. The molecule has 6 nitrogen and oxygen atoms in total. The van der Waals surface area contributed by atoms with Crippen molar-refractivity contribution in [2.75, 3.05) is 26.7 Å². The van der Waals surface area contributed by atoms with Crippen LogP contribution in [0.2, 0.25) is 0 Å². The molecular formula is C20H30IN5O. The molecule has 1 saturated heterocycles. The molecule has 1 aliphatic rings. The van der Waals surface area contributed by atoms with E-state index in [4.69, 9.17) is 4.74 Å². The van der Waals surface area contributed by atoms with Crippen LogP contribution in [-0.4, -0.2) is 53.5 Å². The molecule has 7 heteroatoms.